The van der Waals surface area contributed by atoms with Crippen molar-refractivity contribution in [3.05, 3.63) is 47.4 Å². The first-order valence-electron chi connectivity index (χ1n) is 8.21. The summed E-state index contributed by atoms with van der Waals surface area (Å²) in [6, 6.07) is 4.33. The number of hydrogen-bond donors (Lipinski definition) is 1. The minimum atomic E-state index is 0.301. The van der Waals surface area contributed by atoms with Crippen LogP contribution in [0, 0.1) is 13.8 Å². The summed E-state index contributed by atoms with van der Waals surface area (Å²) < 4.78 is 5.25. The maximum Gasteiger partial charge on any atom is 0.164 e. The fourth-order valence-corrected chi connectivity index (χ4v) is 3.42. The van der Waals surface area contributed by atoms with Crippen LogP contribution in [0.1, 0.15) is 41.7 Å². The number of likely N-dealkylation sites (tertiary alicyclic amines) is 1. The zero-order chi connectivity index (χ0) is 16.5. The average molecular weight is 324 g/mol. The highest BCUT2D eigenvalue weighted by Crippen LogP contribution is 2.33. The number of nitrogens with one attached hydrogen (secondary N) is 1. The number of aromatic amines is 1. The number of rotatable bonds is 4. The van der Waals surface area contributed by atoms with Gasteiger partial charge >= 0.3 is 0 Å². The standard InChI is InChI=1S/C17H20N6O/c1-11-16(12(2)24-22-11)17-18-7-6-14(20-17)15-4-3-9-23(15)10-13-5-8-19-21-13/h5-8,15H,3-4,9-10H2,1-2H3,(H,19,21)/t15-/m0/s1. The third-order valence-corrected chi connectivity index (χ3v) is 4.57. The molecule has 3 aromatic rings. The minimum Gasteiger partial charge on any atom is -0.361 e. The highest BCUT2D eigenvalue weighted by molar-refractivity contribution is 5.59. The quantitative estimate of drug-likeness (QED) is 0.794. The first-order chi connectivity index (χ1) is 11.7. The normalized spacial score (nSPS) is 18.3. The molecule has 7 heteroatoms. The minimum absolute atomic E-state index is 0.301. The van der Waals surface area contributed by atoms with Gasteiger partial charge in [-0.1, -0.05) is 5.16 Å². The molecule has 4 heterocycles. The molecule has 0 saturated carbocycles. The lowest BCUT2D eigenvalue weighted by Crippen LogP contribution is -2.23. The lowest BCUT2D eigenvalue weighted by molar-refractivity contribution is 0.241. The Morgan fingerprint density at radius 1 is 1.29 bits per heavy atom. The van der Waals surface area contributed by atoms with Crippen LogP contribution in [0.4, 0.5) is 0 Å². The predicted molar refractivity (Wildman–Crippen MR) is 88.0 cm³/mol. The third-order valence-electron chi connectivity index (χ3n) is 4.57. The first kappa shape index (κ1) is 15.0. The van der Waals surface area contributed by atoms with Gasteiger partial charge < -0.3 is 4.52 Å². The van der Waals surface area contributed by atoms with Gasteiger partial charge in [-0.25, -0.2) is 9.97 Å². The summed E-state index contributed by atoms with van der Waals surface area (Å²) in [5.41, 5.74) is 3.90. The van der Waals surface area contributed by atoms with Crippen LogP contribution in [0.5, 0.6) is 0 Å². The third kappa shape index (κ3) is 2.71. The van der Waals surface area contributed by atoms with Crippen molar-refractivity contribution in [1.82, 2.24) is 30.2 Å². The van der Waals surface area contributed by atoms with Gasteiger partial charge in [0, 0.05) is 24.6 Å². The summed E-state index contributed by atoms with van der Waals surface area (Å²) in [6.45, 7) is 5.73. The summed E-state index contributed by atoms with van der Waals surface area (Å²) in [6.07, 6.45) is 5.90. The largest absolute Gasteiger partial charge is 0.361 e. The molecule has 1 saturated heterocycles. The van der Waals surface area contributed by atoms with E-state index in [1.807, 2.05) is 32.2 Å². The fraction of sp³-hybridized carbons (Fsp3) is 0.412. The lowest BCUT2D eigenvalue weighted by Gasteiger charge is -2.23. The highest BCUT2D eigenvalue weighted by Gasteiger charge is 2.28. The van der Waals surface area contributed by atoms with Crippen molar-refractivity contribution >= 4 is 0 Å². The molecule has 0 amide bonds. The van der Waals surface area contributed by atoms with Crippen LogP contribution in [-0.4, -0.2) is 36.8 Å². The zero-order valence-electron chi connectivity index (χ0n) is 13.9. The Hall–Kier alpha value is -2.54. The van der Waals surface area contributed by atoms with E-state index in [-0.39, 0.29) is 0 Å². The summed E-state index contributed by atoms with van der Waals surface area (Å²) in [5.74, 6) is 1.45. The van der Waals surface area contributed by atoms with E-state index in [1.165, 1.54) is 6.42 Å². The summed E-state index contributed by atoms with van der Waals surface area (Å²) >= 11 is 0. The van der Waals surface area contributed by atoms with Gasteiger partial charge in [0.05, 0.1) is 23.0 Å². The van der Waals surface area contributed by atoms with E-state index < -0.39 is 0 Å². The van der Waals surface area contributed by atoms with Gasteiger partial charge in [0.2, 0.25) is 0 Å². The SMILES string of the molecule is Cc1noc(C)c1-c1nccc([C@@H]2CCCN2Cc2ccn[nH]2)n1. The molecular formula is C17H20N6O. The van der Waals surface area contributed by atoms with Gasteiger partial charge in [-0.05, 0) is 45.4 Å². The van der Waals surface area contributed by atoms with Gasteiger partial charge in [-0.2, -0.15) is 5.10 Å². The summed E-state index contributed by atoms with van der Waals surface area (Å²) in [5, 5.41) is 11.1. The molecule has 4 rings (SSSR count). The number of hydrogen-bond acceptors (Lipinski definition) is 6. The predicted octanol–water partition coefficient (Wildman–Crippen LogP) is 2.81. The molecule has 0 radical (unpaired) electrons. The lowest BCUT2D eigenvalue weighted by atomic mass is 10.1. The molecule has 1 aliphatic heterocycles. The molecule has 0 aliphatic carbocycles. The van der Waals surface area contributed by atoms with Gasteiger partial charge in [0.1, 0.15) is 5.76 Å². The highest BCUT2D eigenvalue weighted by atomic mass is 16.5. The molecule has 1 fully saturated rings. The van der Waals surface area contributed by atoms with Crippen molar-refractivity contribution < 1.29 is 4.52 Å². The Balaban J connectivity index is 1.63. The van der Waals surface area contributed by atoms with E-state index in [4.69, 9.17) is 9.51 Å². The summed E-state index contributed by atoms with van der Waals surface area (Å²) in [4.78, 5) is 11.7. The van der Waals surface area contributed by atoms with E-state index in [0.717, 1.165) is 47.9 Å². The van der Waals surface area contributed by atoms with Crippen molar-refractivity contribution in [2.45, 2.75) is 39.3 Å². The molecular weight excluding hydrogens is 304 g/mol. The van der Waals surface area contributed by atoms with Crippen LogP contribution < -0.4 is 0 Å². The number of aryl methyl sites for hydroxylation is 2. The molecule has 124 valence electrons. The van der Waals surface area contributed by atoms with Gasteiger partial charge in [0.25, 0.3) is 0 Å². The monoisotopic (exact) mass is 324 g/mol. The first-order valence-corrected chi connectivity index (χ1v) is 8.21. The van der Waals surface area contributed by atoms with E-state index in [1.54, 1.807) is 6.20 Å². The van der Waals surface area contributed by atoms with Gasteiger partial charge in [-0.15, -0.1) is 0 Å². The van der Waals surface area contributed by atoms with Crippen molar-refractivity contribution in [3.63, 3.8) is 0 Å². The van der Waals surface area contributed by atoms with Crippen molar-refractivity contribution in [2.24, 2.45) is 0 Å². The van der Waals surface area contributed by atoms with Crippen molar-refractivity contribution in [3.8, 4) is 11.4 Å². The topological polar surface area (TPSA) is 83.7 Å². The number of aromatic nitrogens is 5. The van der Waals surface area contributed by atoms with E-state index >= 15 is 0 Å². The Labute approximate surface area is 140 Å². The molecule has 24 heavy (non-hydrogen) atoms. The molecule has 1 N–H and O–H groups in total. The van der Waals surface area contributed by atoms with E-state index in [0.29, 0.717) is 11.9 Å². The zero-order valence-corrected chi connectivity index (χ0v) is 13.9. The maximum atomic E-state index is 5.25. The molecule has 0 spiro atoms. The van der Waals surface area contributed by atoms with Crippen LogP contribution in [0.25, 0.3) is 11.4 Å². The molecule has 1 aliphatic rings. The van der Waals surface area contributed by atoms with Crippen molar-refractivity contribution in [1.29, 1.82) is 0 Å². The molecule has 0 bridgehead atoms. The van der Waals surface area contributed by atoms with Gasteiger partial charge in [-0.3, -0.25) is 10.00 Å². The molecule has 3 aromatic heterocycles. The van der Waals surface area contributed by atoms with Crippen LogP contribution in [0.15, 0.2) is 29.0 Å². The van der Waals surface area contributed by atoms with Crippen LogP contribution in [-0.2, 0) is 6.54 Å². The molecule has 0 unspecified atom stereocenters. The second kappa shape index (κ2) is 6.16. The van der Waals surface area contributed by atoms with Crippen molar-refractivity contribution in [2.75, 3.05) is 6.54 Å². The molecule has 1 atom stereocenters. The average Bonchev–Trinajstić information content (AvgIpc) is 3.31. The number of H-pyrrole nitrogens is 1. The van der Waals surface area contributed by atoms with Gasteiger partial charge in [0.15, 0.2) is 5.82 Å². The van der Waals surface area contributed by atoms with E-state index in [9.17, 15) is 0 Å². The molecule has 7 nitrogen and oxygen atoms in total. The van der Waals surface area contributed by atoms with Crippen LogP contribution >= 0.6 is 0 Å². The van der Waals surface area contributed by atoms with Crippen LogP contribution in [0.3, 0.4) is 0 Å². The van der Waals surface area contributed by atoms with Crippen LogP contribution in [0.2, 0.25) is 0 Å². The Morgan fingerprint density at radius 3 is 2.96 bits per heavy atom. The molecule has 0 aromatic carbocycles. The summed E-state index contributed by atoms with van der Waals surface area (Å²) in [7, 11) is 0. The Morgan fingerprint density at radius 2 is 2.21 bits per heavy atom. The Bertz CT molecular complexity index is 806. The Kier molecular flexibility index (Phi) is 3.86. The smallest absolute Gasteiger partial charge is 0.164 e. The second-order valence-electron chi connectivity index (χ2n) is 6.21. The maximum absolute atomic E-state index is 5.25. The van der Waals surface area contributed by atoms with E-state index in [2.05, 4.69) is 25.2 Å². The fourth-order valence-electron chi connectivity index (χ4n) is 3.42. The second-order valence-corrected chi connectivity index (χ2v) is 6.21. The number of nitrogens with zero attached hydrogens (tertiary/aromatic N) is 5.